The fourth-order valence-corrected chi connectivity index (χ4v) is 5.20. The highest BCUT2D eigenvalue weighted by Gasteiger charge is 2.29. The summed E-state index contributed by atoms with van der Waals surface area (Å²) in [6.07, 6.45) is 0. The van der Waals surface area contributed by atoms with E-state index in [4.69, 9.17) is 0 Å². The number of hydrogen-bond acceptors (Lipinski definition) is 4. The van der Waals surface area contributed by atoms with Gasteiger partial charge in [0.05, 0.1) is 4.90 Å². The lowest BCUT2D eigenvalue weighted by atomic mass is 10.2. The van der Waals surface area contributed by atoms with Crippen LogP contribution in [-0.4, -0.2) is 75.8 Å². The molecule has 0 aliphatic carbocycles. The number of piperazine rings is 1. The molecule has 2 aromatic rings. The summed E-state index contributed by atoms with van der Waals surface area (Å²) < 4.78 is 28.1. The Kier molecular flexibility index (Phi) is 7.47. The van der Waals surface area contributed by atoms with Gasteiger partial charge in [-0.3, -0.25) is 4.99 Å². The zero-order valence-corrected chi connectivity index (χ0v) is 18.8. The highest BCUT2D eigenvalue weighted by molar-refractivity contribution is 7.89. The summed E-state index contributed by atoms with van der Waals surface area (Å²) >= 11 is 0. The van der Waals surface area contributed by atoms with Crippen LogP contribution in [0.5, 0.6) is 0 Å². The van der Waals surface area contributed by atoms with Gasteiger partial charge in [-0.15, -0.1) is 0 Å². The summed E-state index contributed by atoms with van der Waals surface area (Å²) in [5.74, 6) is 0.714. The first-order valence-electron chi connectivity index (χ1n) is 10.1. The van der Waals surface area contributed by atoms with Crippen LogP contribution in [0.1, 0.15) is 11.1 Å². The van der Waals surface area contributed by atoms with E-state index in [1.54, 1.807) is 23.5 Å². The van der Waals surface area contributed by atoms with Crippen molar-refractivity contribution in [2.45, 2.75) is 18.0 Å². The number of hydrogen-bond donors (Lipinski definition) is 1. The molecule has 162 valence electrons. The molecule has 0 bridgehead atoms. The molecule has 0 radical (unpaired) electrons. The first-order chi connectivity index (χ1) is 14.4. The Balaban J connectivity index is 1.71. The molecule has 3 rings (SSSR count). The van der Waals surface area contributed by atoms with Crippen molar-refractivity contribution < 1.29 is 8.42 Å². The van der Waals surface area contributed by atoms with E-state index >= 15 is 0 Å². The van der Waals surface area contributed by atoms with Crippen LogP contribution in [0.15, 0.2) is 64.5 Å². The van der Waals surface area contributed by atoms with Gasteiger partial charge in [0.25, 0.3) is 0 Å². The number of nitrogens with zero attached hydrogens (tertiary/aromatic N) is 4. The van der Waals surface area contributed by atoms with Crippen molar-refractivity contribution in [1.29, 1.82) is 0 Å². The number of sulfonamides is 1. The lowest BCUT2D eigenvalue weighted by Gasteiger charge is -2.32. The maximum Gasteiger partial charge on any atom is 0.243 e. The first kappa shape index (κ1) is 22.3. The second-order valence-corrected chi connectivity index (χ2v) is 9.46. The Morgan fingerprint density at radius 1 is 1.03 bits per heavy atom. The van der Waals surface area contributed by atoms with Gasteiger partial charge in [0.1, 0.15) is 0 Å². The summed E-state index contributed by atoms with van der Waals surface area (Å²) in [6, 6.07) is 17.4. The lowest BCUT2D eigenvalue weighted by Crippen LogP contribution is -2.47. The van der Waals surface area contributed by atoms with Crippen molar-refractivity contribution in [3.63, 3.8) is 0 Å². The summed E-state index contributed by atoms with van der Waals surface area (Å²) in [5, 5.41) is 3.31. The molecule has 1 N–H and O–H groups in total. The van der Waals surface area contributed by atoms with Gasteiger partial charge < -0.3 is 15.1 Å². The molecule has 1 aliphatic rings. The summed E-state index contributed by atoms with van der Waals surface area (Å²) in [4.78, 5) is 8.89. The molecule has 0 atom stereocenters. The van der Waals surface area contributed by atoms with E-state index < -0.39 is 10.0 Å². The largest absolute Gasteiger partial charge is 0.352 e. The van der Waals surface area contributed by atoms with Crippen LogP contribution in [0.3, 0.4) is 0 Å². The molecule has 0 amide bonds. The maximum atomic E-state index is 13.2. The van der Waals surface area contributed by atoms with Gasteiger partial charge in [-0.1, -0.05) is 48.5 Å². The number of aliphatic imine (C=N–C) groups is 1. The third-order valence-electron chi connectivity index (χ3n) is 5.33. The van der Waals surface area contributed by atoms with Gasteiger partial charge in [0.2, 0.25) is 10.0 Å². The average Bonchev–Trinajstić information content (AvgIpc) is 2.75. The Morgan fingerprint density at radius 2 is 1.67 bits per heavy atom. The van der Waals surface area contributed by atoms with E-state index in [1.165, 1.54) is 5.56 Å². The SMILES string of the molecule is CN=C(NCc1ccccc1S(=O)(=O)N1CCN(C)CC1)N(C)Cc1ccccc1. The summed E-state index contributed by atoms with van der Waals surface area (Å²) in [5.41, 5.74) is 1.92. The molecule has 1 heterocycles. The van der Waals surface area contributed by atoms with Crippen LogP contribution in [0, 0.1) is 0 Å². The van der Waals surface area contributed by atoms with E-state index in [9.17, 15) is 8.42 Å². The number of likely N-dealkylation sites (N-methyl/N-ethyl adjacent to an activating group) is 1. The van der Waals surface area contributed by atoms with E-state index in [2.05, 4.69) is 27.3 Å². The Bertz CT molecular complexity index is 955. The predicted octanol–water partition coefficient (Wildman–Crippen LogP) is 1.83. The molecular weight excluding hydrogens is 398 g/mol. The maximum absolute atomic E-state index is 13.2. The third-order valence-corrected chi connectivity index (χ3v) is 7.32. The van der Waals surface area contributed by atoms with Crippen molar-refractivity contribution in [2.75, 3.05) is 47.3 Å². The predicted molar refractivity (Wildman–Crippen MR) is 121 cm³/mol. The molecule has 7 nitrogen and oxygen atoms in total. The summed E-state index contributed by atoms with van der Waals surface area (Å²) in [7, 11) is 2.19. The number of nitrogens with one attached hydrogen (secondary N) is 1. The van der Waals surface area contributed by atoms with E-state index in [1.807, 2.05) is 49.3 Å². The molecule has 0 unspecified atom stereocenters. The van der Waals surface area contributed by atoms with Crippen LogP contribution in [0.2, 0.25) is 0 Å². The normalized spacial score (nSPS) is 16.4. The molecule has 0 spiro atoms. The minimum absolute atomic E-state index is 0.364. The molecule has 0 saturated carbocycles. The van der Waals surface area contributed by atoms with Crippen molar-refractivity contribution in [3.8, 4) is 0 Å². The zero-order chi connectivity index (χ0) is 21.6. The molecule has 1 aliphatic heterocycles. The topological polar surface area (TPSA) is 68.2 Å². The summed E-state index contributed by atoms with van der Waals surface area (Å²) in [6.45, 7) is 3.62. The standard InChI is InChI=1S/C22H31N5O2S/c1-23-22(26(3)18-19-9-5-4-6-10-19)24-17-20-11-7-8-12-21(20)30(28,29)27-15-13-25(2)14-16-27/h4-12H,13-18H2,1-3H3,(H,23,24). The molecule has 0 aromatic heterocycles. The fraction of sp³-hybridized carbons (Fsp3) is 0.409. The second kappa shape index (κ2) is 10.1. The van der Waals surface area contributed by atoms with Gasteiger partial charge in [-0.25, -0.2) is 8.42 Å². The second-order valence-electron chi connectivity index (χ2n) is 7.56. The Labute approximate surface area is 180 Å². The van der Waals surface area contributed by atoms with Crippen molar-refractivity contribution in [1.82, 2.24) is 19.4 Å². The smallest absolute Gasteiger partial charge is 0.243 e. The molecule has 8 heteroatoms. The lowest BCUT2D eigenvalue weighted by molar-refractivity contribution is 0.222. The number of guanidine groups is 1. The third kappa shape index (κ3) is 5.38. The molecule has 30 heavy (non-hydrogen) atoms. The van der Waals surface area contributed by atoms with E-state index in [0.717, 1.165) is 18.7 Å². The number of benzene rings is 2. The van der Waals surface area contributed by atoms with Crippen LogP contribution < -0.4 is 5.32 Å². The zero-order valence-electron chi connectivity index (χ0n) is 18.0. The minimum atomic E-state index is -3.53. The van der Waals surface area contributed by atoms with Crippen LogP contribution in [0.25, 0.3) is 0 Å². The van der Waals surface area contributed by atoms with Gasteiger partial charge in [0, 0.05) is 53.4 Å². The van der Waals surface area contributed by atoms with Gasteiger partial charge in [-0.2, -0.15) is 4.31 Å². The minimum Gasteiger partial charge on any atom is -0.352 e. The molecule has 2 aromatic carbocycles. The van der Waals surface area contributed by atoms with Crippen LogP contribution in [0.4, 0.5) is 0 Å². The fourth-order valence-electron chi connectivity index (χ4n) is 3.56. The van der Waals surface area contributed by atoms with E-state index in [-0.39, 0.29) is 0 Å². The van der Waals surface area contributed by atoms with Gasteiger partial charge in [0.15, 0.2) is 5.96 Å². The van der Waals surface area contributed by atoms with E-state index in [0.29, 0.717) is 37.0 Å². The van der Waals surface area contributed by atoms with Crippen molar-refractivity contribution >= 4 is 16.0 Å². The van der Waals surface area contributed by atoms with Crippen LogP contribution >= 0.6 is 0 Å². The first-order valence-corrected chi connectivity index (χ1v) is 11.6. The average molecular weight is 430 g/mol. The molecule has 1 saturated heterocycles. The Hall–Kier alpha value is -2.42. The van der Waals surface area contributed by atoms with Gasteiger partial charge >= 0.3 is 0 Å². The number of rotatable bonds is 6. The highest BCUT2D eigenvalue weighted by Crippen LogP contribution is 2.21. The molecular formula is C22H31N5O2S. The monoisotopic (exact) mass is 429 g/mol. The quantitative estimate of drug-likeness (QED) is 0.561. The van der Waals surface area contributed by atoms with Crippen molar-refractivity contribution in [3.05, 3.63) is 65.7 Å². The van der Waals surface area contributed by atoms with Gasteiger partial charge in [-0.05, 0) is 24.2 Å². The highest BCUT2D eigenvalue weighted by atomic mass is 32.2. The van der Waals surface area contributed by atoms with Crippen LogP contribution in [-0.2, 0) is 23.1 Å². The Morgan fingerprint density at radius 3 is 2.33 bits per heavy atom. The van der Waals surface area contributed by atoms with Crippen molar-refractivity contribution in [2.24, 2.45) is 4.99 Å². The molecule has 1 fully saturated rings.